The summed E-state index contributed by atoms with van der Waals surface area (Å²) in [5, 5.41) is 0. The molecule has 696 valence electrons. The van der Waals surface area contributed by atoms with Crippen molar-refractivity contribution in [3.63, 3.8) is 0 Å². The predicted octanol–water partition coefficient (Wildman–Crippen LogP) is 26.6. The summed E-state index contributed by atoms with van der Waals surface area (Å²) >= 11 is 0. The molecule has 0 atom stereocenters. The van der Waals surface area contributed by atoms with Crippen LogP contribution >= 0.6 is 46.9 Å². The smallest absolute Gasteiger partial charge is 0.756 e. The fraction of sp³-hybridized carbons (Fsp3) is 1.00. The van der Waals surface area contributed by atoms with Crippen molar-refractivity contribution in [3.8, 4) is 0 Å². The van der Waals surface area contributed by atoms with Crippen molar-refractivity contribution in [2.75, 3.05) is 79.3 Å². The second kappa shape index (κ2) is 102. The molecule has 24 nitrogen and oxygen atoms in total. The number of hydrogen-bond donors (Lipinski definition) is 0. The molecule has 31 heteroatoms. The van der Waals surface area contributed by atoms with Crippen LogP contribution in [0.3, 0.4) is 0 Å². The van der Waals surface area contributed by atoms with Crippen molar-refractivity contribution in [1.29, 1.82) is 0 Å². The van der Waals surface area contributed by atoms with Crippen LogP contribution in [0.25, 0.3) is 0 Å². The standard InChI is InChI=1S/6C14H31O4P.Mo/c6*1-3-5-7-9-11-13-17-19(15,16)18-14-12-10-8-6-4-2;/h6*3-14H2,1-2H3,(H,15,16);/q;;;;;;+6/p-6. The molecule has 0 aliphatic heterocycles. The fourth-order valence-electron chi connectivity index (χ4n) is 10.8. The summed E-state index contributed by atoms with van der Waals surface area (Å²) in [6.45, 7) is 28.8. The van der Waals surface area contributed by atoms with E-state index in [1.807, 2.05) is 0 Å². The number of unbranched alkanes of at least 4 members (excludes halogenated alkanes) is 48. The van der Waals surface area contributed by atoms with Crippen LogP contribution in [0.2, 0.25) is 0 Å². The zero-order valence-electron chi connectivity index (χ0n) is 75.8. The molecule has 0 saturated heterocycles. The fourth-order valence-corrected chi connectivity index (χ4v) is 15.5. The number of hydrogen-bond acceptors (Lipinski definition) is 24. The van der Waals surface area contributed by atoms with E-state index in [-0.39, 0.29) is 100 Å². The van der Waals surface area contributed by atoms with Crippen LogP contribution in [0.15, 0.2) is 0 Å². The second-order valence-corrected chi connectivity index (χ2v) is 38.1. The van der Waals surface area contributed by atoms with Crippen LogP contribution in [-0.2, 0) is 103 Å². The van der Waals surface area contributed by atoms with E-state index in [9.17, 15) is 56.8 Å². The molecule has 0 aliphatic carbocycles. The van der Waals surface area contributed by atoms with E-state index in [1.54, 1.807) is 0 Å². The van der Waals surface area contributed by atoms with Crippen molar-refractivity contribution in [2.45, 2.75) is 468 Å². The monoisotopic (exact) mass is 1860 g/mol. The third-order valence-electron chi connectivity index (χ3n) is 18.0. The molecule has 0 spiro atoms. The van der Waals surface area contributed by atoms with Gasteiger partial charge >= 0.3 is 21.1 Å². The topological polar surface area (TPSA) is 352 Å². The van der Waals surface area contributed by atoms with Crippen molar-refractivity contribution < 1.29 is 132 Å². The summed E-state index contributed by atoms with van der Waals surface area (Å²) in [7, 11) is -24.3. The number of phosphoric ester groups is 6. The van der Waals surface area contributed by atoms with Gasteiger partial charge in [-0.25, -0.2) is 0 Å². The SMILES string of the molecule is CCCCCCCOP(=O)([O-])OCCCCCCC.CCCCCCCOP(=O)([O-])OCCCCCCC.CCCCCCCOP(=O)([O-])OCCCCCCC.CCCCCCCOP(=O)([O-])OCCCCCCC.CCCCCCCOP(=O)([O-])OCCCCCCC.CCCCCCCOP(=O)([O-])OCCCCCCC.[Mo+6]. The molecular weight excluding hydrogens is 1670 g/mol. The van der Waals surface area contributed by atoms with Gasteiger partial charge in [0.1, 0.15) is 0 Å². The minimum Gasteiger partial charge on any atom is -0.756 e. The summed E-state index contributed by atoms with van der Waals surface area (Å²) < 4.78 is 126. The normalized spacial score (nSPS) is 11.8. The molecule has 0 amide bonds. The van der Waals surface area contributed by atoms with Gasteiger partial charge in [-0.05, 0) is 77.0 Å². The summed E-state index contributed by atoms with van der Waals surface area (Å²) in [4.78, 5) is 68.3. The van der Waals surface area contributed by atoms with Crippen molar-refractivity contribution in [1.82, 2.24) is 0 Å². The molecule has 0 unspecified atom stereocenters. The third kappa shape index (κ3) is 124. The van der Waals surface area contributed by atoms with E-state index in [0.29, 0.717) is 0 Å². The van der Waals surface area contributed by atoms with Gasteiger partial charge in [0.2, 0.25) is 0 Å². The van der Waals surface area contributed by atoms with Crippen LogP contribution in [-0.4, -0.2) is 79.3 Å². The molecule has 0 rings (SSSR count). The van der Waals surface area contributed by atoms with Gasteiger partial charge < -0.3 is 83.6 Å². The maximum absolute atomic E-state index is 11.4. The Morgan fingerprint density at radius 1 is 0.130 bits per heavy atom. The van der Waals surface area contributed by atoms with E-state index in [0.717, 1.165) is 231 Å². The Labute approximate surface area is 722 Å². The Kier molecular flexibility index (Phi) is 115. The zero-order chi connectivity index (χ0) is 86.4. The average Bonchev–Trinajstić information content (AvgIpc) is 0.980. The third-order valence-corrected chi connectivity index (χ3v) is 24.0. The summed E-state index contributed by atoms with van der Waals surface area (Å²) in [6, 6.07) is 0. The molecule has 0 heterocycles. The minimum atomic E-state index is -4.05. The Bertz CT molecular complexity index is 1660. The van der Waals surface area contributed by atoms with Gasteiger partial charge in [-0.2, -0.15) is 0 Å². The molecule has 0 radical (unpaired) electrons. The van der Waals surface area contributed by atoms with E-state index in [1.165, 1.54) is 154 Å². The first kappa shape index (κ1) is 129. The first-order chi connectivity index (χ1) is 54.7. The Morgan fingerprint density at radius 2 is 0.191 bits per heavy atom. The van der Waals surface area contributed by atoms with Gasteiger partial charge in [0.25, 0.3) is 46.9 Å². The Balaban J connectivity index is -0.000000243. The quantitative estimate of drug-likeness (QED) is 0.0310. The molecule has 0 aromatic heterocycles. The molecule has 115 heavy (non-hydrogen) atoms. The summed E-state index contributed by atoms with van der Waals surface area (Å²) in [6.07, 6.45) is 63.9. The first-order valence-corrected chi connectivity index (χ1v) is 55.1. The molecule has 0 N–H and O–H groups in total. The molecule has 0 fully saturated rings. The Hall–Kier alpha value is 1.35. The predicted molar refractivity (Wildman–Crippen MR) is 462 cm³/mol. The van der Waals surface area contributed by atoms with Crippen molar-refractivity contribution in [3.05, 3.63) is 0 Å². The van der Waals surface area contributed by atoms with E-state index in [4.69, 9.17) is 54.3 Å². The van der Waals surface area contributed by atoms with Gasteiger partial charge in [-0.1, -0.05) is 391 Å². The van der Waals surface area contributed by atoms with Gasteiger partial charge in [0, 0.05) is 0 Å². The summed E-state index contributed by atoms with van der Waals surface area (Å²) in [5.41, 5.74) is 0. The molecule has 0 bridgehead atoms. The largest absolute Gasteiger partial charge is 6.00 e. The minimum absolute atomic E-state index is 0. The molecule has 0 aliphatic rings. The van der Waals surface area contributed by atoms with E-state index >= 15 is 0 Å². The van der Waals surface area contributed by atoms with Gasteiger partial charge in [0.15, 0.2) is 0 Å². The molecular formula is C84H180MoO24P6. The van der Waals surface area contributed by atoms with E-state index < -0.39 is 46.9 Å². The van der Waals surface area contributed by atoms with Crippen molar-refractivity contribution >= 4 is 46.9 Å². The number of rotatable bonds is 84. The van der Waals surface area contributed by atoms with Gasteiger partial charge in [-0.3, -0.25) is 27.4 Å². The van der Waals surface area contributed by atoms with Crippen LogP contribution in [0.1, 0.15) is 468 Å². The van der Waals surface area contributed by atoms with E-state index in [2.05, 4.69) is 83.1 Å². The summed E-state index contributed by atoms with van der Waals surface area (Å²) in [5.74, 6) is 0. The van der Waals surface area contributed by atoms with Crippen LogP contribution < -0.4 is 29.4 Å². The van der Waals surface area contributed by atoms with Gasteiger partial charge in [0.05, 0.1) is 79.3 Å². The zero-order valence-corrected chi connectivity index (χ0v) is 83.2. The molecule has 0 aromatic carbocycles. The Morgan fingerprint density at radius 3 is 0.252 bits per heavy atom. The van der Waals surface area contributed by atoms with Crippen LogP contribution in [0.4, 0.5) is 0 Å². The van der Waals surface area contributed by atoms with Crippen LogP contribution in [0.5, 0.6) is 0 Å². The van der Waals surface area contributed by atoms with Crippen molar-refractivity contribution in [2.24, 2.45) is 0 Å². The van der Waals surface area contributed by atoms with Gasteiger partial charge in [-0.15, -0.1) is 0 Å². The second-order valence-electron chi connectivity index (χ2n) is 29.7. The molecule has 0 aromatic rings. The number of phosphoric acid groups is 6. The average molecular weight is 1860 g/mol. The maximum atomic E-state index is 11.4. The maximum Gasteiger partial charge on any atom is 6.00 e. The first-order valence-electron chi connectivity index (χ1n) is 46.3. The van der Waals surface area contributed by atoms with Crippen LogP contribution in [0, 0.1) is 0 Å². The molecule has 0 saturated carbocycles.